The molecule has 1 amide bonds. The first-order valence-electron chi connectivity index (χ1n) is 7.18. The average Bonchev–Trinajstić information content (AvgIpc) is 2.90. The lowest BCUT2D eigenvalue weighted by molar-refractivity contribution is 0.0934. The van der Waals surface area contributed by atoms with E-state index in [1.807, 2.05) is 24.3 Å². The van der Waals surface area contributed by atoms with Crippen molar-refractivity contribution in [2.24, 2.45) is 5.73 Å². The summed E-state index contributed by atoms with van der Waals surface area (Å²) in [5.74, 6) is -0.155. The van der Waals surface area contributed by atoms with Gasteiger partial charge < -0.3 is 11.1 Å². The molecular formula is C15H20N4O. The molecule has 0 atom stereocenters. The number of carbonyl (C=O) groups excluding carboxylic acids is 1. The highest BCUT2D eigenvalue weighted by atomic mass is 16.1. The predicted octanol–water partition coefficient (Wildman–Crippen LogP) is 1.95. The highest BCUT2D eigenvalue weighted by molar-refractivity contribution is 6.04. The van der Waals surface area contributed by atoms with E-state index in [0.717, 1.165) is 36.6 Å². The minimum absolute atomic E-state index is 0.155. The van der Waals surface area contributed by atoms with Gasteiger partial charge in [-0.15, -0.1) is 0 Å². The SMILES string of the molecule is NC1(CNC(=O)c2n[nH]c3ccccc23)CCCCC1. The first-order chi connectivity index (χ1) is 9.68. The van der Waals surface area contributed by atoms with Crippen molar-refractivity contribution in [1.29, 1.82) is 0 Å². The molecule has 5 nitrogen and oxygen atoms in total. The molecule has 20 heavy (non-hydrogen) atoms. The number of aromatic nitrogens is 2. The van der Waals surface area contributed by atoms with E-state index in [2.05, 4.69) is 15.5 Å². The van der Waals surface area contributed by atoms with Crippen LogP contribution in [-0.2, 0) is 0 Å². The zero-order valence-electron chi connectivity index (χ0n) is 11.5. The molecule has 1 heterocycles. The van der Waals surface area contributed by atoms with Crippen molar-refractivity contribution < 1.29 is 4.79 Å². The third-order valence-electron chi connectivity index (χ3n) is 4.14. The minimum atomic E-state index is -0.250. The Morgan fingerprint density at radius 3 is 2.85 bits per heavy atom. The van der Waals surface area contributed by atoms with Crippen LogP contribution in [0.1, 0.15) is 42.6 Å². The van der Waals surface area contributed by atoms with Crippen molar-refractivity contribution in [2.45, 2.75) is 37.6 Å². The van der Waals surface area contributed by atoms with Gasteiger partial charge in [-0.25, -0.2) is 0 Å². The van der Waals surface area contributed by atoms with Gasteiger partial charge in [0.15, 0.2) is 5.69 Å². The maximum absolute atomic E-state index is 12.3. The minimum Gasteiger partial charge on any atom is -0.349 e. The van der Waals surface area contributed by atoms with Crippen LogP contribution in [0.25, 0.3) is 10.9 Å². The van der Waals surface area contributed by atoms with Gasteiger partial charge >= 0.3 is 0 Å². The number of H-pyrrole nitrogens is 1. The zero-order valence-corrected chi connectivity index (χ0v) is 11.5. The first kappa shape index (κ1) is 13.1. The number of amides is 1. The molecule has 0 radical (unpaired) electrons. The number of nitrogens with zero attached hydrogens (tertiary/aromatic N) is 1. The number of hydrogen-bond donors (Lipinski definition) is 3. The summed E-state index contributed by atoms with van der Waals surface area (Å²) in [6.45, 7) is 0.521. The second-order valence-corrected chi connectivity index (χ2v) is 5.72. The summed E-state index contributed by atoms with van der Waals surface area (Å²) in [5, 5.41) is 10.8. The lowest BCUT2D eigenvalue weighted by Crippen LogP contribution is -2.51. The molecular weight excluding hydrogens is 252 g/mol. The molecule has 2 aromatic rings. The Labute approximate surface area is 117 Å². The normalized spacial score (nSPS) is 18.1. The van der Waals surface area contributed by atoms with E-state index < -0.39 is 0 Å². The Balaban J connectivity index is 1.70. The van der Waals surface area contributed by atoms with E-state index >= 15 is 0 Å². The van der Waals surface area contributed by atoms with Crippen LogP contribution in [0.3, 0.4) is 0 Å². The van der Waals surface area contributed by atoms with Crippen LogP contribution in [-0.4, -0.2) is 28.2 Å². The predicted molar refractivity (Wildman–Crippen MR) is 78.4 cm³/mol. The number of hydrogen-bond acceptors (Lipinski definition) is 3. The summed E-state index contributed by atoms with van der Waals surface area (Å²) >= 11 is 0. The molecule has 1 aromatic carbocycles. The van der Waals surface area contributed by atoms with Crippen molar-refractivity contribution in [3.63, 3.8) is 0 Å². The van der Waals surface area contributed by atoms with E-state index in [9.17, 15) is 4.79 Å². The van der Waals surface area contributed by atoms with Gasteiger partial charge in [0.25, 0.3) is 5.91 Å². The van der Waals surface area contributed by atoms with E-state index in [1.54, 1.807) is 0 Å². The van der Waals surface area contributed by atoms with Crippen LogP contribution in [0, 0.1) is 0 Å². The maximum Gasteiger partial charge on any atom is 0.272 e. The molecule has 3 rings (SSSR count). The quantitative estimate of drug-likeness (QED) is 0.798. The zero-order chi connectivity index (χ0) is 14.0. The number of para-hydroxylation sites is 1. The number of benzene rings is 1. The second kappa shape index (κ2) is 5.25. The van der Waals surface area contributed by atoms with Gasteiger partial charge in [-0.05, 0) is 18.9 Å². The van der Waals surface area contributed by atoms with Gasteiger partial charge in [0, 0.05) is 17.5 Å². The van der Waals surface area contributed by atoms with Gasteiger partial charge in [0.05, 0.1) is 5.52 Å². The van der Waals surface area contributed by atoms with Gasteiger partial charge in [-0.1, -0.05) is 37.5 Å². The fourth-order valence-electron chi connectivity index (χ4n) is 2.91. The van der Waals surface area contributed by atoms with Crippen molar-refractivity contribution in [3.8, 4) is 0 Å². The number of nitrogens with one attached hydrogen (secondary N) is 2. The van der Waals surface area contributed by atoms with Crippen molar-refractivity contribution in [1.82, 2.24) is 15.5 Å². The topological polar surface area (TPSA) is 83.8 Å². The molecule has 1 aromatic heterocycles. The Bertz CT molecular complexity index is 613. The van der Waals surface area contributed by atoms with E-state index in [4.69, 9.17) is 5.73 Å². The Kier molecular flexibility index (Phi) is 3.44. The highest BCUT2D eigenvalue weighted by Gasteiger charge is 2.28. The number of nitrogens with two attached hydrogens (primary N) is 1. The standard InChI is InChI=1S/C15H20N4O/c16-15(8-4-1-5-9-15)10-17-14(20)13-11-6-2-3-7-12(11)18-19-13/h2-3,6-7H,1,4-5,8-10,16H2,(H,17,20)(H,18,19). The Hall–Kier alpha value is -1.88. The summed E-state index contributed by atoms with van der Waals surface area (Å²) in [6.07, 6.45) is 5.51. The largest absolute Gasteiger partial charge is 0.349 e. The maximum atomic E-state index is 12.3. The van der Waals surface area contributed by atoms with E-state index in [-0.39, 0.29) is 11.4 Å². The number of aromatic amines is 1. The van der Waals surface area contributed by atoms with Gasteiger partial charge in [-0.3, -0.25) is 9.89 Å². The monoisotopic (exact) mass is 272 g/mol. The fraction of sp³-hybridized carbons (Fsp3) is 0.467. The summed E-state index contributed by atoms with van der Waals surface area (Å²) in [7, 11) is 0. The molecule has 1 saturated carbocycles. The first-order valence-corrected chi connectivity index (χ1v) is 7.18. The van der Waals surface area contributed by atoms with Crippen LogP contribution in [0.4, 0.5) is 0 Å². The second-order valence-electron chi connectivity index (χ2n) is 5.72. The van der Waals surface area contributed by atoms with Crippen LogP contribution >= 0.6 is 0 Å². The van der Waals surface area contributed by atoms with Crippen LogP contribution in [0.2, 0.25) is 0 Å². The fourth-order valence-corrected chi connectivity index (χ4v) is 2.91. The lowest BCUT2D eigenvalue weighted by Gasteiger charge is -2.33. The summed E-state index contributed by atoms with van der Waals surface area (Å²) in [4.78, 5) is 12.3. The molecule has 4 N–H and O–H groups in total. The van der Waals surface area contributed by atoms with Crippen molar-refractivity contribution in [3.05, 3.63) is 30.0 Å². The van der Waals surface area contributed by atoms with E-state index in [0.29, 0.717) is 12.2 Å². The molecule has 1 aliphatic rings. The summed E-state index contributed by atoms with van der Waals surface area (Å²) in [5.41, 5.74) is 7.40. The average molecular weight is 272 g/mol. The molecule has 5 heteroatoms. The van der Waals surface area contributed by atoms with Crippen LogP contribution in [0.5, 0.6) is 0 Å². The number of fused-ring (bicyclic) bond motifs is 1. The van der Waals surface area contributed by atoms with Gasteiger partial charge in [0.1, 0.15) is 0 Å². The molecule has 0 bridgehead atoms. The van der Waals surface area contributed by atoms with Gasteiger partial charge in [0.2, 0.25) is 0 Å². The number of rotatable bonds is 3. The molecule has 0 unspecified atom stereocenters. The summed E-state index contributed by atoms with van der Waals surface area (Å²) < 4.78 is 0. The Morgan fingerprint density at radius 1 is 1.30 bits per heavy atom. The Morgan fingerprint density at radius 2 is 2.05 bits per heavy atom. The van der Waals surface area contributed by atoms with Crippen molar-refractivity contribution >= 4 is 16.8 Å². The molecule has 1 aliphatic carbocycles. The molecule has 0 spiro atoms. The van der Waals surface area contributed by atoms with Gasteiger partial charge in [-0.2, -0.15) is 5.10 Å². The molecule has 0 aliphatic heterocycles. The number of carbonyl (C=O) groups is 1. The summed E-state index contributed by atoms with van der Waals surface area (Å²) in [6, 6.07) is 7.62. The third kappa shape index (κ3) is 2.54. The third-order valence-corrected chi connectivity index (χ3v) is 4.14. The molecule has 0 saturated heterocycles. The van der Waals surface area contributed by atoms with Crippen molar-refractivity contribution in [2.75, 3.05) is 6.54 Å². The molecule has 106 valence electrons. The van der Waals surface area contributed by atoms with Crippen LogP contribution < -0.4 is 11.1 Å². The smallest absolute Gasteiger partial charge is 0.272 e. The van der Waals surface area contributed by atoms with E-state index in [1.165, 1.54) is 6.42 Å². The highest BCUT2D eigenvalue weighted by Crippen LogP contribution is 2.25. The molecule has 1 fully saturated rings. The van der Waals surface area contributed by atoms with Crippen LogP contribution in [0.15, 0.2) is 24.3 Å². The lowest BCUT2D eigenvalue weighted by atomic mass is 9.82.